The van der Waals surface area contributed by atoms with Crippen molar-refractivity contribution in [3.05, 3.63) is 47.8 Å². The maximum Gasteiger partial charge on any atom is 0.183 e. The number of aromatic nitrogens is 4. The van der Waals surface area contributed by atoms with E-state index in [4.69, 9.17) is 5.73 Å². The maximum absolute atomic E-state index is 5.57. The van der Waals surface area contributed by atoms with Crippen molar-refractivity contribution in [1.29, 1.82) is 0 Å². The van der Waals surface area contributed by atoms with E-state index in [2.05, 4.69) is 34.4 Å². The number of nitrogens with zero attached hydrogens (tertiary/aromatic N) is 4. The van der Waals surface area contributed by atoms with Gasteiger partial charge >= 0.3 is 0 Å². The van der Waals surface area contributed by atoms with Crippen LogP contribution in [0.1, 0.15) is 11.1 Å². The number of hydrogen-bond donors (Lipinski definition) is 1. The molecule has 0 saturated heterocycles. The van der Waals surface area contributed by atoms with E-state index >= 15 is 0 Å². The molecule has 0 aliphatic rings. The summed E-state index contributed by atoms with van der Waals surface area (Å²) in [7, 11) is 0. The number of nitrogens with two attached hydrogens (primary N) is 1. The summed E-state index contributed by atoms with van der Waals surface area (Å²) in [6.07, 6.45) is 3.61. The average Bonchev–Trinajstić information content (AvgIpc) is 2.82. The van der Waals surface area contributed by atoms with Crippen molar-refractivity contribution in [3.8, 4) is 11.3 Å². The molecule has 2 N–H and O–H groups in total. The van der Waals surface area contributed by atoms with Gasteiger partial charge in [0, 0.05) is 30.1 Å². The van der Waals surface area contributed by atoms with Crippen molar-refractivity contribution in [3.63, 3.8) is 0 Å². The Morgan fingerprint density at radius 2 is 2.00 bits per heavy atom. The lowest BCUT2D eigenvalue weighted by Crippen LogP contribution is -2.00. The zero-order valence-corrected chi connectivity index (χ0v) is 10.0. The summed E-state index contributed by atoms with van der Waals surface area (Å²) >= 11 is 0. The van der Waals surface area contributed by atoms with Crippen molar-refractivity contribution in [2.75, 3.05) is 0 Å². The van der Waals surface area contributed by atoms with Crippen LogP contribution in [0.4, 0.5) is 0 Å². The summed E-state index contributed by atoms with van der Waals surface area (Å²) in [5.74, 6) is 0. The van der Waals surface area contributed by atoms with Crippen LogP contribution >= 0.6 is 0 Å². The Morgan fingerprint density at radius 1 is 1.22 bits per heavy atom. The third-order valence-electron chi connectivity index (χ3n) is 2.87. The smallest absolute Gasteiger partial charge is 0.183 e. The molecule has 0 spiro atoms. The van der Waals surface area contributed by atoms with Gasteiger partial charge in [-0.2, -0.15) is 0 Å². The summed E-state index contributed by atoms with van der Waals surface area (Å²) in [5, 5.41) is 8.25. The molecule has 2 heterocycles. The lowest BCUT2D eigenvalue weighted by molar-refractivity contribution is 0.832. The first-order chi connectivity index (χ1) is 8.78. The third-order valence-corrected chi connectivity index (χ3v) is 2.87. The molecule has 0 amide bonds. The highest BCUT2D eigenvalue weighted by Gasteiger charge is 2.09. The Morgan fingerprint density at radius 3 is 2.72 bits per heavy atom. The number of hydrogen-bond acceptors (Lipinski definition) is 4. The van der Waals surface area contributed by atoms with Gasteiger partial charge in [-0.3, -0.25) is 0 Å². The van der Waals surface area contributed by atoms with Crippen molar-refractivity contribution in [1.82, 2.24) is 19.8 Å². The fraction of sp³-hybridized carbons (Fsp3) is 0.154. The Balaban J connectivity index is 2.15. The Kier molecular flexibility index (Phi) is 2.53. The normalized spacial score (nSPS) is 11.0. The van der Waals surface area contributed by atoms with E-state index in [1.165, 1.54) is 5.56 Å². The number of benzene rings is 1. The molecule has 0 fully saturated rings. The molecule has 5 heteroatoms. The van der Waals surface area contributed by atoms with Crippen LogP contribution in [-0.4, -0.2) is 19.8 Å². The number of fused-ring (bicyclic) bond motifs is 1. The minimum absolute atomic E-state index is 0.447. The minimum Gasteiger partial charge on any atom is -0.326 e. The van der Waals surface area contributed by atoms with Crippen molar-refractivity contribution >= 4 is 5.65 Å². The van der Waals surface area contributed by atoms with Gasteiger partial charge < -0.3 is 5.73 Å². The van der Waals surface area contributed by atoms with Gasteiger partial charge in [0.1, 0.15) is 5.69 Å². The van der Waals surface area contributed by atoms with Crippen LogP contribution in [-0.2, 0) is 6.54 Å². The van der Waals surface area contributed by atoms with E-state index in [1.54, 1.807) is 10.7 Å². The maximum atomic E-state index is 5.57. The average molecular weight is 239 g/mol. The molecule has 0 aliphatic heterocycles. The fourth-order valence-corrected chi connectivity index (χ4v) is 1.83. The molecule has 0 atom stereocenters. The first-order valence-corrected chi connectivity index (χ1v) is 5.75. The van der Waals surface area contributed by atoms with Crippen molar-refractivity contribution < 1.29 is 0 Å². The third kappa shape index (κ3) is 1.74. The molecule has 3 aromatic rings. The van der Waals surface area contributed by atoms with Gasteiger partial charge in [-0.15, -0.1) is 5.10 Å². The molecule has 2 aromatic heterocycles. The molecule has 0 saturated carbocycles. The van der Waals surface area contributed by atoms with Gasteiger partial charge in [0.15, 0.2) is 5.65 Å². The Hall–Kier alpha value is -2.27. The van der Waals surface area contributed by atoms with E-state index in [9.17, 15) is 0 Å². The van der Waals surface area contributed by atoms with Crippen LogP contribution in [0.15, 0.2) is 36.7 Å². The predicted molar refractivity (Wildman–Crippen MR) is 68.8 cm³/mol. The zero-order chi connectivity index (χ0) is 12.5. The number of aryl methyl sites for hydroxylation is 1. The summed E-state index contributed by atoms with van der Waals surface area (Å²) in [5.41, 5.74) is 10.3. The molecule has 0 bridgehead atoms. The van der Waals surface area contributed by atoms with Crippen LogP contribution in [0, 0.1) is 6.92 Å². The van der Waals surface area contributed by atoms with Crippen LogP contribution < -0.4 is 5.73 Å². The molecule has 1 aromatic carbocycles. The molecule has 0 aliphatic carbocycles. The minimum atomic E-state index is 0.447. The topological polar surface area (TPSA) is 69.1 Å². The van der Waals surface area contributed by atoms with Crippen LogP contribution in [0.2, 0.25) is 0 Å². The second kappa shape index (κ2) is 4.19. The molecule has 18 heavy (non-hydrogen) atoms. The van der Waals surface area contributed by atoms with Gasteiger partial charge in [0.2, 0.25) is 0 Å². The molecular formula is C13H13N5. The predicted octanol–water partition coefficient (Wildman–Crippen LogP) is 1.56. The highest BCUT2D eigenvalue weighted by molar-refractivity contribution is 5.73. The first-order valence-electron chi connectivity index (χ1n) is 5.75. The van der Waals surface area contributed by atoms with Crippen LogP contribution in [0.5, 0.6) is 0 Å². The second-order valence-electron chi connectivity index (χ2n) is 4.24. The molecule has 5 nitrogen and oxygen atoms in total. The largest absolute Gasteiger partial charge is 0.326 e. The quantitative estimate of drug-likeness (QED) is 0.736. The van der Waals surface area contributed by atoms with E-state index in [1.807, 2.05) is 18.3 Å². The van der Waals surface area contributed by atoms with E-state index in [0.29, 0.717) is 6.54 Å². The fourth-order valence-electron chi connectivity index (χ4n) is 1.83. The molecule has 3 rings (SSSR count). The lowest BCUT2D eigenvalue weighted by Gasteiger charge is -1.99. The molecular weight excluding hydrogens is 226 g/mol. The van der Waals surface area contributed by atoms with E-state index < -0.39 is 0 Å². The van der Waals surface area contributed by atoms with E-state index in [0.717, 1.165) is 22.5 Å². The second-order valence-corrected chi connectivity index (χ2v) is 4.24. The van der Waals surface area contributed by atoms with Gasteiger partial charge in [0.05, 0.1) is 0 Å². The van der Waals surface area contributed by atoms with Crippen LogP contribution in [0.3, 0.4) is 0 Å². The Labute approximate surface area is 104 Å². The van der Waals surface area contributed by atoms with Crippen LogP contribution in [0.25, 0.3) is 16.9 Å². The summed E-state index contributed by atoms with van der Waals surface area (Å²) < 4.78 is 1.66. The highest BCUT2D eigenvalue weighted by Crippen LogP contribution is 2.20. The van der Waals surface area contributed by atoms with Crippen molar-refractivity contribution in [2.24, 2.45) is 5.73 Å². The monoisotopic (exact) mass is 239 g/mol. The van der Waals surface area contributed by atoms with Crippen molar-refractivity contribution in [2.45, 2.75) is 13.5 Å². The van der Waals surface area contributed by atoms with E-state index in [-0.39, 0.29) is 0 Å². The standard InChI is InChI=1S/C13H13N5/c1-9-2-4-11(5-3-9)12-13-15-7-10(6-14)8-18(13)17-16-12/h2-5,7-8H,6,14H2,1H3. The molecule has 90 valence electrons. The SMILES string of the molecule is Cc1ccc(-c2nnn3cc(CN)cnc23)cc1. The molecule has 0 unspecified atom stereocenters. The van der Waals surface area contributed by atoms with Gasteiger partial charge in [-0.25, -0.2) is 9.50 Å². The first kappa shape index (κ1) is 10.9. The lowest BCUT2D eigenvalue weighted by atomic mass is 10.1. The highest BCUT2D eigenvalue weighted by atomic mass is 15.4. The summed E-state index contributed by atoms with van der Waals surface area (Å²) in [6, 6.07) is 8.15. The van der Waals surface area contributed by atoms with Gasteiger partial charge in [0.25, 0.3) is 0 Å². The van der Waals surface area contributed by atoms with Gasteiger partial charge in [-0.1, -0.05) is 35.0 Å². The summed E-state index contributed by atoms with van der Waals surface area (Å²) in [4.78, 5) is 4.37. The summed E-state index contributed by atoms with van der Waals surface area (Å²) in [6.45, 7) is 2.50. The zero-order valence-electron chi connectivity index (χ0n) is 10.0. The molecule has 0 radical (unpaired) electrons. The van der Waals surface area contributed by atoms with Gasteiger partial charge in [-0.05, 0) is 6.92 Å². The Bertz CT molecular complexity index is 684. The number of rotatable bonds is 2.